The van der Waals surface area contributed by atoms with Crippen LogP contribution in [0.25, 0.3) is 0 Å². The second kappa shape index (κ2) is 8.01. The Balaban J connectivity index is 1.85. The van der Waals surface area contributed by atoms with Gasteiger partial charge in [0.1, 0.15) is 16.3 Å². The molecule has 0 aliphatic heterocycles. The zero-order valence-electron chi connectivity index (χ0n) is 14.6. The average molecular weight is 382 g/mol. The van der Waals surface area contributed by atoms with Crippen LogP contribution in [0.1, 0.15) is 16.1 Å². The summed E-state index contributed by atoms with van der Waals surface area (Å²) in [5.41, 5.74) is 0.963. The predicted octanol–water partition coefficient (Wildman–Crippen LogP) is 2.85. The molecule has 6 nitrogen and oxygen atoms in total. The Labute approximate surface area is 157 Å². The molecular formula is C20H18N2O4S. The molecule has 0 saturated carbocycles. The van der Waals surface area contributed by atoms with Crippen molar-refractivity contribution in [1.82, 2.24) is 10.3 Å². The number of nitrogens with one attached hydrogen (secondary N) is 1. The molecule has 27 heavy (non-hydrogen) atoms. The molecule has 1 heterocycles. The van der Waals surface area contributed by atoms with Crippen LogP contribution in [-0.4, -0.2) is 26.4 Å². The molecule has 3 rings (SSSR count). The van der Waals surface area contributed by atoms with Crippen LogP contribution in [0.5, 0.6) is 5.75 Å². The van der Waals surface area contributed by atoms with E-state index < -0.39 is 15.7 Å². The first-order valence-electron chi connectivity index (χ1n) is 8.18. The lowest BCUT2D eigenvalue weighted by Crippen LogP contribution is -2.24. The van der Waals surface area contributed by atoms with Crippen LogP contribution >= 0.6 is 0 Å². The maximum absolute atomic E-state index is 12.9. The van der Waals surface area contributed by atoms with Crippen molar-refractivity contribution in [1.29, 1.82) is 0 Å². The number of hydrogen-bond donors (Lipinski definition) is 1. The van der Waals surface area contributed by atoms with E-state index in [-0.39, 0.29) is 21.2 Å². The monoisotopic (exact) mass is 382 g/mol. The highest BCUT2D eigenvalue weighted by atomic mass is 32.2. The lowest BCUT2D eigenvalue weighted by Gasteiger charge is -2.10. The van der Waals surface area contributed by atoms with Crippen LogP contribution in [0.4, 0.5) is 0 Å². The highest BCUT2D eigenvalue weighted by Crippen LogP contribution is 2.29. The van der Waals surface area contributed by atoms with Crippen molar-refractivity contribution in [3.8, 4) is 5.75 Å². The highest BCUT2D eigenvalue weighted by molar-refractivity contribution is 7.91. The van der Waals surface area contributed by atoms with Crippen molar-refractivity contribution in [3.05, 3.63) is 84.2 Å². The van der Waals surface area contributed by atoms with E-state index in [4.69, 9.17) is 4.74 Å². The van der Waals surface area contributed by atoms with Gasteiger partial charge in [-0.15, -0.1) is 0 Å². The van der Waals surface area contributed by atoms with Gasteiger partial charge in [0.2, 0.25) is 9.84 Å². The fraction of sp³-hybridized carbons (Fsp3) is 0.100. The second-order valence-electron chi connectivity index (χ2n) is 5.70. The van der Waals surface area contributed by atoms with Crippen LogP contribution in [0.15, 0.2) is 82.7 Å². The van der Waals surface area contributed by atoms with Gasteiger partial charge in [-0.25, -0.2) is 8.42 Å². The number of ether oxygens (including phenoxy) is 1. The lowest BCUT2D eigenvalue weighted by molar-refractivity contribution is 0.0945. The van der Waals surface area contributed by atoms with Gasteiger partial charge in [-0.05, 0) is 29.8 Å². The Kier molecular flexibility index (Phi) is 5.52. The molecule has 0 atom stereocenters. The van der Waals surface area contributed by atoms with Gasteiger partial charge in [0.15, 0.2) is 0 Å². The number of amides is 1. The van der Waals surface area contributed by atoms with Gasteiger partial charge < -0.3 is 10.1 Å². The molecule has 1 amide bonds. The molecule has 7 heteroatoms. The number of sulfone groups is 1. The van der Waals surface area contributed by atoms with E-state index in [2.05, 4.69) is 10.3 Å². The van der Waals surface area contributed by atoms with E-state index in [9.17, 15) is 13.2 Å². The van der Waals surface area contributed by atoms with Crippen LogP contribution in [0.3, 0.4) is 0 Å². The Morgan fingerprint density at radius 1 is 1.04 bits per heavy atom. The molecule has 0 fully saturated rings. The first-order valence-corrected chi connectivity index (χ1v) is 9.67. The average Bonchev–Trinajstić information content (AvgIpc) is 2.72. The topological polar surface area (TPSA) is 85.4 Å². The van der Waals surface area contributed by atoms with Crippen LogP contribution < -0.4 is 10.1 Å². The number of methoxy groups -OCH3 is 1. The predicted molar refractivity (Wildman–Crippen MR) is 100 cm³/mol. The number of nitrogens with zero attached hydrogens (tertiary/aromatic N) is 1. The van der Waals surface area contributed by atoms with Crippen molar-refractivity contribution in [3.63, 3.8) is 0 Å². The van der Waals surface area contributed by atoms with Gasteiger partial charge in [0.25, 0.3) is 5.91 Å². The quantitative estimate of drug-likeness (QED) is 0.709. The van der Waals surface area contributed by atoms with E-state index in [1.807, 2.05) is 30.3 Å². The lowest BCUT2D eigenvalue weighted by atomic mass is 10.2. The number of aromatic nitrogens is 1. The van der Waals surface area contributed by atoms with Gasteiger partial charge in [-0.1, -0.05) is 42.5 Å². The van der Waals surface area contributed by atoms with Crippen LogP contribution in [0, 0.1) is 0 Å². The summed E-state index contributed by atoms with van der Waals surface area (Å²) >= 11 is 0. The molecule has 0 aliphatic rings. The minimum Gasteiger partial charge on any atom is -0.495 e. The molecule has 0 aliphatic carbocycles. The second-order valence-corrected chi connectivity index (χ2v) is 7.62. The smallest absolute Gasteiger partial charge is 0.270 e. The molecule has 0 radical (unpaired) electrons. The summed E-state index contributed by atoms with van der Waals surface area (Å²) in [6, 6.07) is 18.4. The molecule has 1 N–H and O–H groups in total. The fourth-order valence-electron chi connectivity index (χ4n) is 2.54. The highest BCUT2D eigenvalue weighted by Gasteiger charge is 2.23. The standard InChI is InChI=1S/C20H18N2O4S/c1-26-18-9-5-6-10-19(18)27(24,25)16-11-12-21-17(13-16)20(23)22-14-15-7-3-2-4-8-15/h2-13H,14H2,1H3,(H,22,23). The molecule has 0 bridgehead atoms. The Bertz CT molecular complexity index is 1050. The number of carbonyl (C=O) groups excluding carboxylic acids is 1. The molecule has 138 valence electrons. The third kappa shape index (κ3) is 4.15. The number of benzene rings is 2. The van der Waals surface area contributed by atoms with E-state index in [0.29, 0.717) is 6.54 Å². The van der Waals surface area contributed by atoms with E-state index in [1.54, 1.807) is 18.2 Å². The van der Waals surface area contributed by atoms with Crippen molar-refractivity contribution in [2.24, 2.45) is 0 Å². The summed E-state index contributed by atoms with van der Waals surface area (Å²) in [7, 11) is -2.44. The summed E-state index contributed by atoms with van der Waals surface area (Å²) < 4.78 is 31.0. The molecule has 1 aromatic heterocycles. The Hall–Kier alpha value is -3.19. The number of para-hydroxylation sites is 1. The van der Waals surface area contributed by atoms with Gasteiger partial charge in [-0.3, -0.25) is 9.78 Å². The number of rotatable bonds is 6. The minimum absolute atomic E-state index is 0.0214. The van der Waals surface area contributed by atoms with E-state index in [1.165, 1.54) is 31.5 Å². The van der Waals surface area contributed by atoms with E-state index >= 15 is 0 Å². The third-order valence-corrected chi connectivity index (χ3v) is 5.72. The molecule has 0 spiro atoms. The molecule has 0 saturated heterocycles. The normalized spacial score (nSPS) is 11.0. The number of carbonyl (C=O) groups is 1. The number of hydrogen-bond acceptors (Lipinski definition) is 5. The zero-order chi connectivity index (χ0) is 19.3. The van der Waals surface area contributed by atoms with Gasteiger partial charge in [-0.2, -0.15) is 0 Å². The first-order chi connectivity index (χ1) is 13.0. The van der Waals surface area contributed by atoms with Crippen LogP contribution in [0.2, 0.25) is 0 Å². The first kappa shape index (κ1) is 18.6. The van der Waals surface area contributed by atoms with Crippen molar-refractivity contribution < 1.29 is 17.9 Å². The van der Waals surface area contributed by atoms with Crippen molar-refractivity contribution >= 4 is 15.7 Å². The molecule has 0 unspecified atom stereocenters. The molecule has 3 aromatic rings. The van der Waals surface area contributed by atoms with Crippen molar-refractivity contribution in [2.45, 2.75) is 16.3 Å². The fourth-order valence-corrected chi connectivity index (χ4v) is 3.97. The Morgan fingerprint density at radius 2 is 1.74 bits per heavy atom. The molecule has 2 aromatic carbocycles. The largest absolute Gasteiger partial charge is 0.495 e. The summed E-state index contributed by atoms with van der Waals surface area (Å²) in [5.74, 6) is -0.208. The summed E-state index contributed by atoms with van der Waals surface area (Å²) in [6.07, 6.45) is 1.31. The van der Waals surface area contributed by atoms with E-state index in [0.717, 1.165) is 5.56 Å². The zero-order valence-corrected chi connectivity index (χ0v) is 15.4. The van der Waals surface area contributed by atoms with Gasteiger partial charge in [0.05, 0.1) is 12.0 Å². The maximum Gasteiger partial charge on any atom is 0.270 e. The minimum atomic E-state index is -3.85. The SMILES string of the molecule is COc1ccccc1S(=O)(=O)c1ccnc(C(=O)NCc2ccccc2)c1. The van der Waals surface area contributed by atoms with Gasteiger partial charge >= 0.3 is 0 Å². The number of pyridine rings is 1. The molecular weight excluding hydrogens is 364 g/mol. The third-order valence-electron chi connectivity index (χ3n) is 3.93. The Morgan fingerprint density at radius 3 is 2.48 bits per heavy atom. The summed E-state index contributed by atoms with van der Waals surface area (Å²) in [5, 5.41) is 2.74. The van der Waals surface area contributed by atoms with Crippen molar-refractivity contribution in [2.75, 3.05) is 7.11 Å². The maximum atomic E-state index is 12.9. The summed E-state index contributed by atoms with van der Waals surface area (Å²) in [6.45, 7) is 0.324. The summed E-state index contributed by atoms with van der Waals surface area (Å²) in [4.78, 5) is 16.4. The van der Waals surface area contributed by atoms with Gasteiger partial charge in [0, 0.05) is 12.7 Å². The van der Waals surface area contributed by atoms with Crippen LogP contribution in [-0.2, 0) is 16.4 Å².